The third-order valence-electron chi connectivity index (χ3n) is 25.0. The standard InChI is InChI=1S/C35H29NO2.2C20H18BrNO2.C15H16O2.C15H12O.C8H9Br.C6H4BrI.C6H7N.2C2H6/c1-22-18-26-25-14-8-9-15-27(25)35(29(26)19-23(22)2)28-16-10-11-17-31(28)36(24-12-6-5-7-13-24)32-21-34(38-4)33(37-3)20-30(32)35;2*1-23-19-13-12-16(14-20(19)24-2)22(15-8-4-3-5-9-15)18-11-7-6-10-17(18)21;1-16-14-9-8-13(11-15(14)17-2)10-12-6-4-3-5-7-12;1-9-7-13-11-5-3-4-6-12(11)15(16)14(13)8-10(9)2;1-6-3-4-8(9)5-7(6)2;7-5-3-1-2-4-6(5)8;7-6-4-2-1-3-5-6;2*1-2/h5-21H,1-4H3;2*3-14H,1-2H3;3-9,11H,10H2,1-2H3;3-8H,1-2H3;3-5H,1-2H3;1-4H;1-5H,7H2;2*1-2H3. The zero-order chi connectivity index (χ0) is 105. The van der Waals surface area contributed by atoms with Crippen molar-refractivity contribution in [2.24, 2.45) is 0 Å². The van der Waals surface area contributed by atoms with Gasteiger partial charge in [-0.15, -0.1) is 0 Å². The number of ether oxygens (including phenoxy) is 8. The zero-order valence-corrected chi connectivity index (χ0v) is 94.9. The Balaban J connectivity index is 0.000000157. The van der Waals surface area contributed by atoms with Crippen LogP contribution in [-0.4, -0.2) is 62.7 Å². The summed E-state index contributed by atoms with van der Waals surface area (Å²) in [6, 6.07) is 138. The monoisotopic (exact) mass is 2320 g/mol. The third-order valence-corrected chi connectivity index (χ3v) is 29.2. The molecule has 2 N–H and O–H groups in total. The number of halogens is 5. The molecule has 18 heteroatoms. The van der Waals surface area contributed by atoms with E-state index in [1.54, 1.807) is 56.9 Å². The molecular formula is C129H125Br4IN4O9. The van der Waals surface area contributed by atoms with Crippen molar-refractivity contribution in [1.29, 1.82) is 0 Å². The summed E-state index contributed by atoms with van der Waals surface area (Å²) < 4.78 is 49.5. The number of para-hydroxylation sites is 7. The minimum Gasteiger partial charge on any atom is -0.493 e. The lowest BCUT2D eigenvalue weighted by Gasteiger charge is -2.45. The lowest BCUT2D eigenvalue weighted by atomic mass is 9.64. The van der Waals surface area contributed by atoms with Crippen LogP contribution in [0.1, 0.15) is 110 Å². The molecule has 18 aromatic rings. The van der Waals surface area contributed by atoms with Crippen LogP contribution >= 0.6 is 86.3 Å². The van der Waals surface area contributed by atoms with Crippen molar-refractivity contribution >= 4 is 149 Å². The lowest BCUT2D eigenvalue weighted by molar-refractivity contribution is 0.104. The van der Waals surface area contributed by atoms with E-state index in [2.05, 4.69) is 336 Å². The molecule has 1 spiro atoms. The third kappa shape index (κ3) is 26.8. The fourth-order valence-electron chi connectivity index (χ4n) is 17.5. The maximum absolute atomic E-state index is 12.2. The van der Waals surface area contributed by atoms with Gasteiger partial charge in [-0.1, -0.05) is 280 Å². The van der Waals surface area contributed by atoms with E-state index in [4.69, 9.17) is 43.6 Å². The number of nitrogens with two attached hydrogens (primary N) is 1. The first-order chi connectivity index (χ1) is 71.5. The second kappa shape index (κ2) is 54.9. The molecule has 2 aliphatic carbocycles. The molecule has 0 fully saturated rings. The summed E-state index contributed by atoms with van der Waals surface area (Å²) in [5.41, 5.74) is 37.0. The summed E-state index contributed by atoms with van der Waals surface area (Å²) in [6.07, 6.45) is 0.904. The van der Waals surface area contributed by atoms with Crippen LogP contribution in [0.4, 0.5) is 56.9 Å². The van der Waals surface area contributed by atoms with Gasteiger partial charge in [-0.05, 0) is 359 Å². The van der Waals surface area contributed by atoms with Crippen LogP contribution in [0.2, 0.25) is 0 Å². The van der Waals surface area contributed by atoms with Gasteiger partial charge in [0.05, 0.1) is 96.4 Å². The highest BCUT2D eigenvalue weighted by Gasteiger charge is 2.52. The zero-order valence-electron chi connectivity index (χ0n) is 86.4. The Morgan fingerprint density at radius 3 is 1.14 bits per heavy atom. The Hall–Kier alpha value is -14.1. The van der Waals surface area contributed by atoms with Gasteiger partial charge in [0, 0.05) is 73.5 Å². The average Bonchev–Trinajstić information content (AvgIpc) is 1.52. The molecular weight excluding hydrogens is 2200 g/mol. The van der Waals surface area contributed by atoms with Crippen LogP contribution < -0.4 is 58.3 Å². The fourth-order valence-corrected chi connectivity index (χ4v) is 19.6. The largest absolute Gasteiger partial charge is 0.493 e. The summed E-state index contributed by atoms with van der Waals surface area (Å²) >= 11 is 16.4. The number of methoxy groups -OCH3 is 8. The van der Waals surface area contributed by atoms with Crippen molar-refractivity contribution < 1.29 is 42.7 Å². The van der Waals surface area contributed by atoms with Gasteiger partial charge in [0.1, 0.15) is 0 Å². The summed E-state index contributed by atoms with van der Waals surface area (Å²) in [7, 11) is 13.3. The molecule has 0 saturated heterocycles. The normalized spacial score (nSPS) is 11.7. The molecule has 1 atom stereocenters. The van der Waals surface area contributed by atoms with E-state index in [1.165, 1.54) is 91.6 Å². The Labute approximate surface area is 916 Å². The second-order valence-electron chi connectivity index (χ2n) is 33.8. The number of carbonyl (C=O) groups is 1. The predicted molar refractivity (Wildman–Crippen MR) is 636 cm³/mol. The number of anilines is 10. The van der Waals surface area contributed by atoms with Gasteiger partial charge in [0.25, 0.3) is 0 Å². The second-order valence-corrected chi connectivity index (χ2v) is 38.4. The molecule has 750 valence electrons. The summed E-state index contributed by atoms with van der Waals surface area (Å²) in [5, 5.41) is 0. The van der Waals surface area contributed by atoms with E-state index in [1.807, 2.05) is 241 Å². The van der Waals surface area contributed by atoms with E-state index in [-0.39, 0.29) is 5.78 Å². The lowest BCUT2D eigenvalue weighted by Crippen LogP contribution is -2.36. The predicted octanol–water partition coefficient (Wildman–Crippen LogP) is 36.6. The smallest absolute Gasteiger partial charge is 0.194 e. The summed E-state index contributed by atoms with van der Waals surface area (Å²) in [5.74, 6) is 5.97. The molecule has 0 bridgehead atoms. The van der Waals surface area contributed by atoms with Crippen molar-refractivity contribution in [3.63, 3.8) is 0 Å². The SMILES string of the molecule is Brc1ccccc1I.CC.CC.COc1cc2c(cc1OC)C1(c3ccccc3-c3cc(C)c(C)cc31)c1ccccc1N2c1ccccc1.COc1ccc(Cc2ccccc2)cc1OC.COc1ccc(N(c2ccccc2)c2ccccc2Br)cc1OC.COc1ccc(N(c2ccccc2)c2ccccc2Br)cc1OC.Cc1cc2c(cc1C)-c1ccccc1C2=O.Cc1ccc(Br)cc1C.Nc1ccccc1. The van der Waals surface area contributed by atoms with Gasteiger partial charge in [0.2, 0.25) is 0 Å². The van der Waals surface area contributed by atoms with Gasteiger partial charge >= 0.3 is 0 Å². The Kier molecular flexibility index (Phi) is 41.7. The number of carbonyl (C=O) groups excluding carboxylic acids is 1. The van der Waals surface area contributed by atoms with E-state index in [0.29, 0.717) is 28.7 Å². The highest BCUT2D eigenvalue weighted by atomic mass is 127. The van der Waals surface area contributed by atoms with Crippen LogP contribution in [0.3, 0.4) is 0 Å². The maximum atomic E-state index is 12.2. The molecule has 0 aromatic heterocycles. The molecule has 21 rings (SSSR count). The van der Waals surface area contributed by atoms with Crippen molar-refractivity contribution in [2.45, 2.75) is 81.1 Å². The molecule has 0 amide bonds. The van der Waals surface area contributed by atoms with Crippen LogP contribution in [0.15, 0.2) is 424 Å². The molecule has 13 nitrogen and oxygen atoms in total. The topological polar surface area (TPSA) is 127 Å². The van der Waals surface area contributed by atoms with Gasteiger partial charge < -0.3 is 58.3 Å². The van der Waals surface area contributed by atoms with Crippen LogP contribution in [0.5, 0.6) is 46.0 Å². The summed E-state index contributed by atoms with van der Waals surface area (Å²) in [6.45, 7) is 20.8. The Morgan fingerprint density at radius 2 is 0.667 bits per heavy atom. The molecule has 1 unspecified atom stereocenters. The van der Waals surface area contributed by atoms with E-state index in [9.17, 15) is 4.79 Å². The van der Waals surface area contributed by atoms with E-state index >= 15 is 0 Å². The Bertz CT molecular complexity index is 7230. The average molecular weight is 2320 g/mol. The minimum atomic E-state index is -0.499. The van der Waals surface area contributed by atoms with Crippen LogP contribution in [-0.2, 0) is 11.8 Å². The van der Waals surface area contributed by atoms with Crippen LogP contribution in [0, 0.1) is 45.1 Å². The molecule has 1 aliphatic heterocycles. The number of aryl methyl sites for hydroxylation is 6. The van der Waals surface area contributed by atoms with E-state index < -0.39 is 5.41 Å². The molecule has 18 aromatic carbocycles. The molecule has 3 aliphatic rings. The molecule has 0 saturated carbocycles. The van der Waals surface area contributed by atoms with Crippen molar-refractivity contribution in [1.82, 2.24) is 0 Å². The molecule has 0 radical (unpaired) electrons. The quantitative estimate of drug-likeness (QED) is 0.0687. The van der Waals surface area contributed by atoms with Crippen LogP contribution in [0.25, 0.3) is 22.3 Å². The van der Waals surface area contributed by atoms with Crippen molar-refractivity contribution in [2.75, 3.05) is 77.3 Å². The summed E-state index contributed by atoms with van der Waals surface area (Å²) in [4.78, 5) is 18.9. The highest BCUT2D eigenvalue weighted by molar-refractivity contribution is 14.1. The van der Waals surface area contributed by atoms with Gasteiger partial charge in [-0.25, -0.2) is 0 Å². The van der Waals surface area contributed by atoms with Crippen molar-refractivity contribution in [3.8, 4) is 68.2 Å². The maximum Gasteiger partial charge on any atom is 0.194 e. The first-order valence-electron chi connectivity index (χ1n) is 48.5. The number of ketones is 1. The van der Waals surface area contributed by atoms with Gasteiger partial charge in [-0.2, -0.15) is 0 Å². The Morgan fingerprint density at radius 1 is 0.279 bits per heavy atom. The van der Waals surface area contributed by atoms with Gasteiger partial charge in [0.15, 0.2) is 51.8 Å². The number of fused-ring (bicyclic) bond motifs is 12. The first kappa shape index (κ1) is 112. The number of nitrogen functional groups attached to an aromatic ring is 1. The van der Waals surface area contributed by atoms with Gasteiger partial charge in [-0.3, -0.25) is 4.79 Å². The van der Waals surface area contributed by atoms with Crippen molar-refractivity contribution in [3.05, 3.63) is 506 Å². The number of hydrogen-bond donors (Lipinski definition) is 1. The number of hydrogen-bond acceptors (Lipinski definition) is 13. The number of rotatable bonds is 17. The first-order valence-corrected chi connectivity index (χ1v) is 52.7. The fraction of sp³-hybridized carbons (Fsp3) is 0.155. The molecule has 1 heterocycles. The molecule has 147 heavy (non-hydrogen) atoms. The van der Waals surface area contributed by atoms with E-state index in [0.717, 1.165) is 111 Å². The number of nitrogens with zero attached hydrogens (tertiary/aromatic N) is 3. The number of benzene rings is 18. The minimum absolute atomic E-state index is 0.161. The highest BCUT2D eigenvalue weighted by Crippen LogP contribution is 2.65.